The summed E-state index contributed by atoms with van der Waals surface area (Å²) in [6.07, 6.45) is 5.19. The Balaban J connectivity index is 1.57. The third kappa shape index (κ3) is 2.31. The molecule has 0 aromatic heterocycles. The summed E-state index contributed by atoms with van der Waals surface area (Å²) in [6.45, 7) is 6.50. The number of aryl methyl sites for hydroxylation is 1. The summed E-state index contributed by atoms with van der Waals surface area (Å²) in [6, 6.07) is 7.61. The maximum absolute atomic E-state index is 5.80. The van der Waals surface area contributed by atoms with Crippen molar-refractivity contribution in [3.63, 3.8) is 0 Å². The molecule has 2 heterocycles. The van der Waals surface area contributed by atoms with Gasteiger partial charge in [-0.25, -0.2) is 0 Å². The Morgan fingerprint density at radius 3 is 2.77 bits per heavy atom. The first-order valence-electron chi connectivity index (χ1n) is 8.67. The highest BCUT2D eigenvalue weighted by atomic mass is 16.5. The Morgan fingerprint density at radius 1 is 1.27 bits per heavy atom. The SMILES string of the molecule is COC1CC2(CCN(C3CCOC3)CC2)c2cc(C)ccc21. The minimum Gasteiger partial charge on any atom is -0.380 e. The molecule has 2 unspecified atom stereocenters. The van der Waals surface area contributed by atoms with Crippen LogP contribution in [0.5, 0.6) is 0 Å². The molecule has 120 valence electrons. The highest BCUT2D eigenvalue weighted by Crippen LogP contribution is 2.52. The van der Waals surface area contributed by atoms with Gasteiger partial charge in [-0.1, -0.05) is 23.8 Å². The lowest BCUT2D eigenvalue weighted by Gasteiger charge is -2.42. The van der Waals surface area contributed by atoms with Crippen LogP contribution in [0.25, 0.3) is 0 Å². The van der Waals surface area contributed by atoms with Gasteiger partial charge in [0.25, 0.3) is 0 Å². The van der Waals surface area contributed by atoms with Gasteiger partial charge in [0.1, 0.15) is 0 Å². The Morgan fingerprint density at radius 2 is 2.09 bits per heavy atom. The topological polar surface area (TPSA) is 21.7 Å². The standard InChI is InChI=1S/C19H27NO2/c1-14-3-4-16-17(11-14)19(12-18(16)21-2)6-8-20(9-7-19)15-5-10-22-13-15/h3-4,11,15,18H,5-10,12-13H2,1-2H3. The molecule has 3 nitrogen and oxygen atoms in total. The molecule has 2 aliphatic heterocycles. The fourth-order valence-electron chi connectivity index (χ4n) is 4.80. The molecule has 1 spiro atoms. The van der Waals surface area contributed by atoms with Crippen LogP contribution in [0.1, 0.15) is 48.5 Å². The van der Waals surface area contributed by atoms with Crippen LogP contribution in [-0.2, 0) is 14.9 Å². The highest BCUT2D eigenvalue weighted by Gasteiger charge is 2.46. The number of hydrogen-bond donors (Lipinski definition) is 0. The van der Waals surface area contributed by atoms with Crippen LogP contribution < -0.4 is 0 Å². The summed E-state index contributed by atoms with van der Waals surface area (Å²) in [4.78, 5) is 2.66. The summed E-state index contributed by atoms with van der Waals surface area (Å²) in [5.74, 6) is 0. The maximum Gasteiger partial charge on any atom is 0.0832 e. The number of hydrogen-bond acceptors (Lipinski definition) is 3. The predicted molar refractivity (Wildman–Crippen MR) is 87.3 cm³/mol. The van der Waals surface area contributed by atoms with Crippen molar-refractivity contribution in [2.75, 3.05) is 33.4 Å². The predicted octanol–water partition coefficient (Wildman–Crippen LogP) is 3.21. The molecule has 0 bridgehead atoms. The average molecular weight is 301 g/mol. The zero-order valence-electron chi connectivity index (χ0n) is 13.8. The molecular weight excluding hydrogens is 274 g/mol. The molecule has 0 N–H and O–H groups in total. The van der Waals surface area contributed by atoms with Gasteiger partial charge in [-0.3, -0.25) is 4.90 Å². The van der Waals surface area contributed by atoms with Crippen LogP contribution in [0, 0.1) is 6.92 Å². The monoisotopic (exact) mass is 301 g/mol. The number of nitrogens with zero attached hydrogens (tertiary/aromatic N) is 1. The van der Waals surface area contributed by atoms with Crippen LogP contribution in [-0.4, -0.2) is 44.4 Å². The summed E-state index contributed by atoms with van der Waals surface area (Å²) >= 11 is 0. The van der Waals surface area contributed by atoms with Crippen molar-refractivity contribution in [3.8, 4) is 0 Å². The number of fused-ring (bicyclic) bond motifs is 2. The number of rotatable bonds is 2. The summed E-state index contributed by atoms with van der Waals surface area (Å²) in [7, 11) is 1.86. The number of benzene rings is 1. The average Bonchev–Trinajstić information content (AvgIpc) is 3.16. The Hall–Kier alpha value is -0.900. The second kappa shape index (κ2) is 5.63. The van der Waals surface area contributed by atoms with E-state index in [-0.39, 0.29) is 6.10 Å². The van der Waals surface area contributed by atoms with E-state index in [0.717, 1.165) is 19.6 Å². The van der Waals surface area contributed by atoms with E-state index in [2.05, 4.69) is 30.0 Å². The second-order valence-electron chi connectivity index (χ2n) is 7.35. The Bertz CT molecular complexity index is 542. The summed E-state index contributed by atoms with van der Waals surface area (Å²) in [5.41, 5.74) is 4.73. The van der Waals surface area contributed by atoms with Gasteiger partial charge in [-0.05, 0) is 56.8 Å². The Kier molecular flexibility index (Phi) is 3.75. The van der Waals surface area contributed by atoms with E-state index in [1.807, 2.05) is 7.11 Å². The van der Waals surface area contributed by atoms with Crippen molar-refractivity contribution < 1.29 is 9.47 Å². The van der Waals surface area contributed by atoms with Gasteiger partial charge >= 0.3 is 0 Å². The molecule has 22 heavy (non-hydrogen) atoms. The molecule has 0 saturated carbocycles. The number of methoxy groups -OCH3 is 1. The number of likely N-dealkylation sites (tertiary alicyclic amines) is 1. The maximum atomic E-state index is 5.80. The highest BCUT2D eigenvalue weighted by molar-refractivity contribution is 5.44. The van der Waals surface area contributed by atoms with Crippen molar-refractivity contribution in [2.24, 2.45) is 0 Å². The smallest absolute Gasteiger partial charge is 0.0832 e. The first-order chi connectivity index (χ1) is 10.7. The van der Waals surface area contributed by atoms with Crippen LogP contribution >= 0.6 is 0 Å². The molecule has 1 aromatic rings. The minimum absolute atomic E-state index is 0.289. The van der Waals surface area contributed by atoms with Crippen LogP contribution in [0.4, 0.5) is 0 Å². The number of piperidine rings is 1. The van der Waals surface area contributed by atoms with E-state index in [9.17, 15) is 0 Å². The molecule has 0 amide bonds. The van der Waals surface area contributed by atoms with E-state index >= 15 is 0 Å². The van der Waals surface area contributed by atoms with Gasteiger partial charge < -0.3 is 9.47 Å². The lowest BCUT2D eigenvalue weighted by molar-refractivity contribution is 0.0575. The van der Waals surface area contributed by atoms with Gasteiger partial charge in [0.2, 0.25) is 0 Å². The first-order valence-corrected chi connectivity index (χ1v) is 8.67. The molecule has 1 aromatic carbocycles. The molecular formula is C19H27NO2. The molecule has 0 radical (unpaired) electrons. The summed E-state index contributed by atoms with van der Waals surface area (Å²) in [5, 5.41) is 0. The minimum atomic E-state index is 0.289. The van der Waals surface area contributed by atoms with Gasteiger partial charge in [0.05, 0.1) is 12.7 Å². The van der Waals surface area contributed by atoms with Crippen LogP contribution in [0.2, 0.25) is 0 Å². The molecule has 3 heteroatoms. The Labute approximate surface area is 133 Å². The van der Waals surface area contributed by atoms with E-state index in [1.165, 1.54) is 43.5 Å². The van der Waals surface area contributed by atoms with E-state index in [4.69, 9.17) is 9.47 Å². The van der Waals surface area contributed by atoms with Gasteiger partial charge in [-0.15, -0.1) is 0 Å². The van der Waals surface area contributed by atoms with E-state index < -0.39 is 0 Å². The zero-order chi connectivity index (χ0) is 15.2. The van der Waals surface area contributed by atoms with Crippen molar-refractivity contribution in [3.05, 3.63) is 34.9 Å². The lowest BCUT2D eigenvalue weighted by atomic mass is 9.73. The van der Waals surface area contributed by atoms with Crippen molar-refractivity contribution in [2.45, 2.75) is 50.2 Å². The quantitative estimate of drug-likeness (QED) is 0.837. The molecule has 3 aliphatic rings. The van der Waals surface area contributed by atoms with Crippen molar-refractivity contribution in [1.29, 1.82) is 0 Å². The van der Waals surface area contributed by atoms with Crippen molar-refractivity contribution in [1.82, 2.24) is 4.90 Å². The molecule has 2 atom stereocenters. The largest absolute Gasteiger partial charge is 0.380 e. The van der Waals surface area contributed by atoms with Crippen molar-refractivity contribution >= 4 is 0 Å². The van der Waals surface area contributed by atoms with Crippen LogP contribution in [0.3, 0.4) is 0 Å². The first kappa shape index (κ1) is 14.7. The second-order valence-corrected chi connectivity index (χ2v) is 7.35. The normalized spacial score (nSPS) is 30.8. The third-order valence-electron chi connectivity index (χ3n) is 6.16. The third-order valence-corrected chi connectivity index (χ3v) is 6.16. The van der Waals surface area contributed by atoms with Gasteiger partial charge in [0, 0.05) is 25.2 Å². The number of ether oxygens (including phenoxy) is 2. The fourth-order valence-corrected chi connectivity index (χ4v) is 4.80. The molecule has 2 fully saturated rings. The van der Waals surface area contributed by atoms with Gasteiger partial charge in [0.15, 0.2) is 0 Å². The lowest BCUT2D eigenvalue weighted by Crippen LogP contribution is -2.46. The summed E-state index contributed by atoms with van der Waals surface area (Å²) < 4.78 is 11.4. The van der Waals surface area contributed by atoms with E-state index in [0.29, 0.717) is 11.5 Å². The van der Waals surface area contributed by atoms with Gasteiger partial charge in [-0.2, -0.15) is 0 Å². The van der Waals surface area contributed by atoms with Crippen LogP contribution in [0.15, 0.2) is 18.2 Å². The molecule has 1 aliphatic carbocycles. The zero-order valence-corrected chi connectivity index (χ0v) is 13.8. The molecule has 2 saturated heterocycles. The molecule has 4 rings (SSSR count). The van der Waals surface area contributed by atoms with E-state index in [1.54, 1.807) is 5.56 Å². The fraction of sp³-hybridized carbons (Fsp3) is 0.684.